The van der Waals surface area contributed by atoms with E-state index in [-0.39, 0.29) is 30.5 Å². The Hall–Kier alpha value is -1.62. The Morgan fingerprint density at radius 3 is 2.71 bits per heavy atom. The molecule has 0 spiro atoms. The minimum Gasteiger partial charge on any atom is -0.364 e. The second-order valence-corrected chi connectivity index (χ2v) is 5.08. The van der Waals surface area contributed by atoms with Crippen LogP contribution in [0.2, 0.25) is 0 Å². The Morgan fingerprint density at radius 1 is 1.19 bits per heavy atom. The van der Waals surface area contributed by atoms with Crippen LogP contribution in [-0.4, -0.2) is 24.7 Å². The molecule has 2 aromatic rings. The first-order chi connectivity index (χ1) is 9.78. The molecule has 3 N–H and O–H groups in total. The van der Waals surface area contributed by atoms with Gasteiger partial charge < -0.3 is 15.8 Å². The molecule has 0 unspecified atom stereocenters. The first-order valence-corrected chi connectivity index (χ1v) is 6.92. The van der Waals surface area contributed by atoms with E-state index in [1.54, 1.807) is 0 Å². The monoisotopic (exact) mass is 306 g/mol. The first kappa shape index (κ1) is 15.8. The van der Waals surface area contributed by atoms with Crippen molar-refractivity contribution >= 4 is 34.8 Å². The van der Waals surface area contributed by atoms with Gasteiger partial charge in [-0.3, -0.25) is 4.79 Å². The van der Waals surface area contributed by atoms with Crippen molar-refractivity contribution in [2.24, 2.45) is 5.73 Å². The number of nitrogens with one attached hydrogen (secondary N) is 1. The number of amides is 1. The summed E-state index contributed by atoms with van der Waals surface area (Å²) in [5.74, 6) is -0.0858. The molecule has 0 saturated carbocycles. The van der Waals surface area contributed by atoms with Gasteiger partial charge in [0.2, 0.25) is 0 Å². The Balaban J connectivity index is 0.00000161. The fourth-order valence-corrected chi connectivity index (χ4v) is 2.62. The molecule has 2 atom stereocenters. The highest BCUT2D eigenvalue weighted by molar-refractivity contribution is 6.03. The van der Waals surface area contributed by atoms with E-state index in [2.05, 4.69) is 5.32 Å². The van der Waals surface area contributed by atoms with Gasteiger partial charge in [0.25, 0.3) is 5.91 Å². The fourth-order valence-electron chi connectivity index (χ4n) is 2.62. The summed E-state index contributed by atoms with van der Waals surface area (Å²) in [6.45, 7) is 0.470. The smallest absolute Gasteiger partial charge is 0.253 e. The largest absolute Gasteiger partial charge is 0.364 e. The number of anilines is 1. The predicted octanol–water partition coefficient (Wildman–Crippen LogP) is 2.71. The Bertz CT molecular complexity index is 627. The Morgan fingerprint density at radius 2 is 1.95 bits per heavy atom. The van der Waals surface area contributed by atoms with E-state index in [0.717, 1.165) is 29.3 Å². The molecule has 0 aromatic heterocycles. The number of halogens is 1. The van der Waals surface area contributed by atoms with Gasteiger partial charge in [-0.15, -0.1) is 12.4 Å². The van der Waals surface area contributed by atoms with Gasteiger partial charge in [-0.25, -0.2) is 0 Å². The number of benzene rings is 2. The molecule has 2 aromatic carbocycles. The molecule has 21 heavy (non-hydrogen) atoms. The van der Waals surface area contributed by atoms with Crippen molar-refractivity contribution in [1.29, 1.82) is 0 Å². The first-order valence-electron chi connectivity index (χ1n) is 6.92. The van der Waals surface area contributed by atoms with E-state index in [0.29, 0.717) is 6.54 Å². The van der Waals surface area contributed by atoms with Gasteiger partial charge in [-0.1, -0.05) is 36.4 Å². The minimum absolute atomic E-state index is 0. The molecule has 1 amide bonds. The number of nitrogens with two attached hydrogens (primary N) is 1. The van der Waals surface area contributed by atoms with Crippen molar-refractivity contribution in [2.75, 3.05) is 11.9 Å². The van der Waals surface area contributed by atoms with Gasteiger partial charge in [0.15, 0.2) is 0 Å². The maximum Gasteiger partial charge on any atom is 0.253 e. The van der Waals surface area contributed by atoms with Crippen molar-refractivity contribution in [3.05, 3.63) is 42.5 Å². The lowest BCUT2D eigenvalue weighted by Crippen LogP contribution is -2.29. The van der Waals surface area contributed by atoms with Crippen LogP contribution in [0, 0.1) is 0 Å². The Kier molecular flexibility index (Phi) is 5.17. The highest BCUT2D eigenvalue weighted by atomic mass is 35.5. The third kappa shape index (κ3) is 3.35. The fraction of sp³-hybridized carbons (Fsp3) is 0.312. The van der Waals surface area contributed by atoms with E-state index >= 15 is 0 Å². The molecule has 4 nitrogen and oxygen atoms in total. The van der Waals surface area contributed by atoms with Crippen LogP contribution in [0.1, 0.15) is 12.8 Å². The summed E-state index contributed by atoms with van der Waals surface area (Å²) in [4.78, 5) is 12.2. The summed E-state index contributed by atoms with van der Waals surface area (Å²) >= 11 is 0. The van der Waals surface area contributed by atoms with Gasteiger partial charge >= 0.3 is 0 Å². The molecule has 1 heterocycles. The van der Waals surface area contributed by atoms with Crippen LogP contribution in [0.4, 0.5) is 5.69 Å². The van der Waals surface area contributed by atoms with E-state index in [1.807, 2.05) is 42.5 Å². The summed E-state index contributed by atoms with van der Waals surface area (Å²) in [7, 11) is 0. The van der Waals surface area contributed by atoms with Crippen LogP contribution in [-0.2, 0) is 9.53 Å². The third-order valence-corrected chi connectivity index (χ3v) is 3.71. The van der Waals surface area contributed by atoms with Crippen LogP contribution in [0.3, 0.4) is 0 Å². The zero-order valence-electron chi connectivity index (χ0n) is 11.6. The molecule has 112 valence electrons. The second kappa shape index (κ2) is 6.89. The summed E-state index contributed by atoms with van der Waals surface area (Å²) in [5, 5.41) is 5.11. The van der Waals surface area contributed by atoms with Crippen LogP contribution < -0.4 is 11.1 Å². The van der Waals surface area contributed by atoms with E-state index in [9.17, 15) is 4.79 Å². The molecule has 1 aliphatic rings. The molecule has 3 rings (SSSR count). The molecule has 0 bridgehead atoms. The molecule has 0 aliphatic carbocycles. The van der Waals surface area contributed by atoms with Gasteiger partial charge in [0.1, 0.15) is 6.10 Å². The lowest BCUT2D eigenvalue weighted by atomic mass is 10.1. The number of hydrogen-bond acceptors (Lipinski definition) is 3. The van der Waals surface area contributed by atoms with Gasteiger partial charge in [0, 0.05) is 17.6 Å². The molecule has 1 aliphatic heterocycles. The summed E-state index contributed by atoms with van der Waals surface area (Å²) in [6.07, 6.45) is 1.21. The number of carbonyl (C=O) groups excluding carboxylic acids is 1. The third-order valence-electron chi connectivity index (χ3n) is 3.71. The number of carbonyl (C=O) groups is 1. The topological polar surface area (TPSA) is 64.4 Å². The van der Waals surface area contributed by atoms with Gasteiger partial charge in [-0.05, 0) is 24.3 Å². The number of fused-ring (bicyclic) bond motifs is 1. The molecule has 0 radical (unpaired) electrons. The van der Waals surface area contributed by atoms with Crippen LogP contribution in [0.25, 0.3) is 10.8 Å². The Labute approximate surface area is 130 Å². The summed E-state index contributed by atoms with van der Waals surface area (Å²) in [5.41, 5.74) is 6.39. The zero-order valence-corrected chi connectivity index (χ0v) is 12.4. The van der Waals surface area contributed by atoms with Crippen molar-refractivity contribution in [3.63, 3.8) is 0 Å². The van der Waals surface area contributed by atoms with E-state index in [4.69, 9.17) is 10.5 Å². The quantitative estimate of drug-likeness (QED) is 0.916. The van der Waals surface area contributed by atoms with Gasteiger partial charge in [0.05, 0.1) is 6.10 Å². The maximum atomic E-state index is 12.2. The summed E-state index contributed by atoms with van der Waals surface area (Å²) < 4.78 is 5.62. The number of ether oxygens (including phenoxy) is 1. The van der Waals surface area contributed by atoms with Crippen molar-refractivity contribution in [3.8, 4) is 0 Å². The molecule has 5 heteroatoms. The lowest BCUT2D eigenvalue weighted by Gasteiger charge is -2.14. The zero-order chi connectivity index (χ0) is 13.9. The van der Waals surface area contributed by atoms with Crippen molar-refractivity contribution in [2.45, 2.75) is 25.0 Å². The molecule has 1 fully saturated rings. The maximum absolute atomic E-state index is 12.2. The average molecular weight is 307 g/mol. The van der Waals surface area contributed by atoms with Crippen LogP contribution in [0.5, 0.6) is 0 Å². The van der Waals surface area contributed by atoms with Gasteiger partial charge in [-0.2, -0.15) is 0 Å². The van der Waals surface area contributed by atoms with Crippen LogP contribution >= 0.6 is 12.4 Å². The SMILES string of the molecule is Cl.NC[C@H]1CC[C@@H](C(=O)Nc2cccc3ccccc23)O1. The molecule has 1 saturated heterocycles. The lowest BCUT2D eigenvalue weighted by molar-refractivity contribution is -0.126. The van der Waals surface area contributed by atoms with Crippen molar-refractivity contribution in [1.82, 2.24) is 0 Å². The predicted molar refractivity (Wildman–Crippen MR) is 86.8 cm³/mol. The second-order valence-electron chi connectivity index (χ2n) is 5.08. The number of rotatable bonds is 3. The standard InChI is InChI=1S/C16H18N2O2.ClH/c17-10-12-8-9-15(20-12)16(19)18-14-7-3-5-11-4-1-2-6-13(11)14;/h1-7,12,15H,8-10,17H2,(H,18,19);1H/t12-,15+;/m1./s1. The average Bonchev–Trinajstić information content (AvgIpc) is 2.97. The highest BCUT2D eigenvalue weighted by Crippen LogP contribution is 2.25. The minimum atomic E-state index is -0.387. The number of hydrogen-bond donors (Lipinski definition) is 2. The van der Waals surface area contributed by atoms with Crippen LogP contribution in [0.15, 0.2) is 42.5 Å². The van der Waals surface area contributed by atoms with Crippen molar-refractivity contribution < 1.29 is 9.53 Å². The normalized spacial score (nSPS) is 21.0. The van der Waals surface area contributed by atoms with E-state index < -0.39 is 0 Å². The molecular weight excluding hydrogens is 288 g/mol. The summed E-state index contributed by atoms with van der Waals surface area (Å²) in [6, 6.07) is 13.9. The van der Waals surface area contributed by atoms with E-state index in [1.165, 1.54) is 0 Å². The molecular formula is C16H19ClN2O2. The highest BCUT2D eigenvalue weighted by Gasteiger charge is 2.29.